The maximum Gasteiger partial charge on any atom is 0.328 e. The molecule has 236 valence electrons. The van der Waals surface area contributed by atoms with Crippen LogP contribution in [-0.4, -0.2) is 86.1 Å². The first-order chi connectivity index (χ1) is 21.0. The average molecular weight is 628 g/mol. The number of aliphatic carboxylic acids is 4. The number of benzene rings is 2. The van der Waals surface area contributed by atoms with Crippen molar-refractivity contribution in [3.8, 4) is 5.75 Å². The molecule has 0 radical (unpaired) electrons. The zero-order chi connectivity index (χ0) is 32.3. The van der Waals surface area contributed by atoms with E-state index in [1.807, 2.05) is 30.3 Å². The number of ether oxygens (including phenoxy) is 1. The monoisotopic (exact) mass is 627 g/mol. The summed E-state index contributed by atoms with van der Waals surface area (Å²) in [6, 6.07) is 19.1. The van der Waals surface area contributed by atoms with Gasteiger partial charge in [0.25, 0.3) is 0 Å². The molecule has 4 rings (SSSR count). The fourth-order valence-electron chi connectivity index (χ4n) is 4.06. The Balaban J connectivity index is 0.000000349. The number of hydrogen-bond donors (Lipinski definition) is 4. The molecule has 0 amide bonds. The largest absolute Gasteiger partial charge is 0.494 e. The van der Waals surface area contributed by atoms with Crippen molar-refractivity contribution in [1.29, 1.82) is 0 Å². The summed E-state index contributed by atoms with van der Waals surface area (Å²) >= 11 is 1.80. The van der Waals surface area contributed by atoms with Gasteiger partial charge in [0.2, 0.25) is 0 Å². The Kier molecular flexibility index (Phi) is 15.7. The number of rotatable bonds is 11. The average Bonchev–Trinajstić information content (AvgIpc) is 3.31. The first kappa shape index (κ1) is 35.4. The van der Waals surface area contributed by atoms with Gasteiger partial charge in [-0.25, -0.2) is 19.2 Å². The van der Waals surface area contributed by atoms with Crippen molar-refractivity contribution >= 4 is 45.4 Å². The molecule has 12 nitrogen and oxygen atoms in total. The minimum Gasteiger partial charge on any atom is -0.494 e. The van der Waals surface area contributed by atoms with Crippen LogP contribution in [0.5, 0.6) is 5.75 Å². The van der Waals surface area contributed by atoms with E-state index in [-0.39, 0.29) is 0 Å². The molecule has 0 unspecified atom stereocenters. The van der Waals surface area contributed by atoms with E-state index in [0.717, 1.165) is 49.5 Å². The van der Waals surface area contributed by atoms with Crippen LogP contribution in [0.1, 0.15) is 25.7 Å². The number of nitrogens with zero attached hydrogens (tertiary/aromatic N) is 3. The van der Waals surface area contributed by atoms with Gasteiger partial charge in [0.1, 0.15) is 5.75 Å². The lowest BCUT2D eigenvalue weighted by atomic mass is 10.1. The van der Waals surface area contributed by atoms with Gasteiger partial charge in [0, 0.05) is 44.4 Å². The first-order valence-corrected chi connectivity index (χ1v) is 14.6. The van der Waals surface area contributed by atoms with Crippen LogP contribution in [0.4, 0.5) is 0 Å². The Bertz CT molecular complexity index is 1420. The highest BCUT2D eigenvalue weighted by atomic mass is 32.1. The van der Waals surface area contributed by atoms with Gasteiger partial charge in [-0.05, 0) is 56.5 Å². The van der Waals surface area contributed by atoms with E-state index in [4.69, 9.17) is 30.2 Å². The molecule has 1 aromatic heterocycles. The molecule has 0 atom stereocenters. The van der Waals surface area contributed by atoms with E-state index in [1.54, 1.807) is 11.3 Å². The zero-order valence-corrected chi connectivity index (χ0v) is 25.1. The van der Waals surface area contributed by atoms with Crippen LogP contribution in [0.25, 0.3) is 10.2 Å². The molecule has 44 heavy (non-hydrogen) atoms. The SMILES string of the molecule is Cn1c(=NC2CCN(CCCCOc3ccccc3)CC2)sc2ccccc21.O=C(O)C=CC(=O)O.O=C(O)C=CC(=O)O. The topological polar surface area (TPSA) is 179 Å². The lowest BCUT2D eigenvalue weighted by Crippen LogP contribution is -2.36. The Hall–Kier alpha value is -4.75. The van der Waals surface area contributed by atoms with E-state index < -0.39 is 23.9 Å². The highest BCUT2D eigenvalue weighted by Crippen LogP contribution is 2.18. The number of thiazole rings is 1. The number of para-hydroxylation sites is 2. The van der Waals surface area contributed by atoms with Crippen molar-refractivity contribution in [1.82, 2.24) is 9.47 Å². The van der Waals surface area contributed by atoms with Crippen LogP contribution >= 0.6 is 11.3 Å². The number of piperidine rings is 1. The molecule has 2 aromatic carbocycles. The Labute approximate surface area is 258 Å². The molecule has 3 aromatic rings. The predicted octanol–water partition coefficient (Wildman–Crippen LogP) is 3.89. The van der Waals surface area contributed by atoms with Crippen LogP contribution in [-0.2, 0) is 26.2 Å². The summed E-state index contributed by atoms with van der Waals surface area (Å²) in [5.74, 6) is -4.06. The number of fused-ring (bicyclic) bond motifs is 1. The highest BCUT2D eigenvalue weighted by molar-refractivity contribution is 7.16. The lowest BCUT2D eigenvalue weighted by Gasteiger charge is -2.29. The van der Waals surface area contributed by atoms with Gasteiger partial charge >= 0.3 is 23.9 Å². The maximum absolute atomic E-state index is 9.55. The molecule has 0 aliphatic carbocycles. The maximum atomic E-state index is 9.55. The molecule has 0 bridgehead atoms. The fraction of sp³-hybridized carbons (Fsp3) is 0.323. The minimum atomic E-state index is -1.26. The van der Waals surface area contributed by atoms with Crippen molar-refractivity contribution in [2.24, 2.45) is 12.0 Å². The Morgan fingerprint density at radius 1 is 0.818 bits per heavy atom. The Morgan fingerprint density at radius 2 is 1.34 bits per heavy atom. The number of carbonyl (C=O) groups is 4. The summed E-state index contributed by atoms with van der Waals surface area (Å²) in [5, 5.41) is 31.2. The highest BCUT2D eigenvalue weighted by Gasteiger charge is 2.18. The van der Waals surface area contributed by atoms with Gasteiger partial charge in [0.05, 0.1) is 22.9 Å². The van der Waals surface area contributed by atoms with Gasteiger partial charge in [0.15, 0.2) is 4.80 Å². The molecule has 1 fully saturated rings. The van der Waals surface area contributed by atoms with Gasteiger partial charge in [-0.15, -0.1) is 0 Å². The third-order valence-electron chi connectivity index (χ3n) is 6.18. The summed E-state index contributed by atoms with van der Waals surface area (Å²) in [4.78, 5) is 47.0. The van der Waals surface area contributed by atoms with Crippen LogP contribution in [0.3, 0.4) is 0 Å². The van der Waals surface area contributed by atoms with Crippen molar-refractivity contribution in [2.45, 2.75) is 31.7 Å². The van der Waals surface area contributed by atoms with Gasteiger partial charge in [-0.3, -0.25) is 4.99 Å². The molecule has 4 N–H and O–H groups in total. The number of aryl methyl sites for hydroxylation is 1. The summed E-state index contributed by atoms with van der Waals surface area (Å²) in [7, 11) is 2.13. The van der Waals surface area contributed by atoms with Gasteiger partial charge < -0.3 is 34.6 Å². The number of aromatic nitrogens is 1. The van der Waals surface area contributed by atoms with Crippen molar-refractivity contribution < 1.29 is 44.3 Å². The third-order valence-corrected chi connectivity index (χ3v) is 7.31. The standard InChI is InChI=1S/C23H29N3OS.2C4H4O4/c1-25-21-11-5-6-12-22(21)28-23(25)24-19-13-16-26(17-14-19)15-7-8-18-27-20-9-3-2-4-10-20;2*5-3(6)1-2-4(7)8/h2-6,9-12,19H,7-8,13-18H2,1H3;2*1-2H,(H,5,6)(H,7,8). The predicted molar refractivity (Wildman–Crippen MR) is 166 cm³/mol. The fourth-order valence-corrected chi connectivity index (χ4v) is 5.15. The summed E-state index contributed by atoms with van der Waals surface area (Å²) in [6.45, 7) is 4.28. The molecule has 2 heterocycles. The van der Waals surface area contributed by atoms with Crippen molar-refractivity contribution in [2.75, 3.05) is 26.2 Å². The first-order valence-electron chi connectivity index (χ1n) is 13.8. The van der Waals surface area contributed by atoms with E-state index in [2.05, 4.69) is 40.8 Å². The summed E-state index contributed by atoms with van der Waals surface area (Å²) in [6.07, 6.45) is 6.86. The van der Waals surface area contributed by atoms with Crippen LogP contribution in [0.15, 0.2) is 83.9 Å². The number of unbranched alkanes of at least 4 members (excludes halogenated alkanes) is 1. The number of carboxylic acid groups (broad SMARTS) is 4. The van der Waals surface area contributed by atoms with Crippen LogP contribution < -0.4 is 9.54 Å². The quantitative estimate of drug-likeness (QED) is 0.180. The van der Waals surface area contributed by atoms with Crippen molar-refractivity contribution in [3.63, 3.8) is 0 Å². The minimum absolute atomic E-state index is 0.455. The third kappa shape index (κ3) is 14.4. The van der Waals surface area contributed by atoms with Crippen LogP contribution in [0.2, 0.25) is 0 Å². The molecule has 13 heteroatoms. The molecule has 1 aliphatic heterocycles. The number of carboxylic acids is 4. The van der Waals surface area contributed by atoms with E-state index in [1.165, 1.54) is 23.2 Å². The number of likely N-dealkylation sites (tertiary alicyclic amines) is 1. The van der Waals surface area contributed by atoms with E-state index >= 15 is 0 Å². The summed E-state index contributed by atoms with van der Waals surface area (Å²) < 4.78 is 9.33. The molecule has 1 saturated heterocycles. The van der Waals surface area contributed by atoms with E-state index in [9.17, 15) is 19.2 Å². The molecule has 1 aliphatic rings. The second-order valence-electron chi connectivity index (χ2n) is 9.50. The van der Waals surface area contributed by atoms with Crippen LogP contribution in [0, 0.1) is 0 Å². The number of hydrogen-bond acceptors (Lipinski definition) is 8. The van der Waals surface area contributed by atoms with E-state index in [0.29, 0.717) is 30.3 Å². The lowest BCUT2D eigenvalue weighted by molar-refractivity contribution is -0.134. The second-order valence-corrected chi connectivity index (χ2v) is 10.5. The second kappa shape index (κ2) is 19.4. The Morgan fingerprint density at radius 3 is 1.86 bits per heavy atom. The molecule has 0 saturated carbocycles. The molecule has 0 spiro atoms. The summed E-state index contributed by atoms with van der Waals surface area (Å²) in [5.41, 5.74) is 1.28. The zero-order valence-electron chi connectivity index (χ0n) is 24.3. The van der Waals surface area contributed by atoms with Gasteiger partial charge in [-0.2, -0.15) is 0 Å². The van der Waals surface area contributed by atoms with Gasteiger partial charge in [-0.1, -0.05) is 41.7 Å². The smallest absolute Gasteiger partial charge is 0.328 e. The normalized spacial score (nSPS) is 14.1. The molecular weight excluding hydrogens is 590 g/mol. The van der Waals surface area contributed by atoms with Crippen molar-refractivity contribution in [3.05, 3.63) is 83.7 Å². The molecular formula is C31H37N3O9S.